The molecule has 0 aliphatic heterocycles. The number of hydrogen-bond acceptors (Lipinski definition) is 5. The summed E-state index contributed by atoms with van der Waals surface area (Å²) in [5.41, 5.74) is 5.93. The van der Waals surface area contributed by atoms with Crippen LogP contribution in [-0.2, 0) is 0 Å². The lowest BCUT2D eigenvalue weighted by Crippen LogP contribution is -2.15. The molecule has 66 valence electrons. The van der Waals surface area contributed by atoms with Gasteiger partial charge in [-0.3, -0.25) is 0 Å². The van der Waals surface area contributed by atoms with Gasteiger partial charge in [-0.05, 0) is 6.42 Å². The average molecular weight is 175 g/mol. The average Bonchev–Trinajstić information content (AvgIpc) is 2.83. The number of nitrogens with two attached hydrogens (primary N) is 1. The number of nitriles is 1. The Morgan fingerprint density at radius 2 is 2.23 bits per heavy atom. The number of anilines is 1. The molecule has 1 aliphatic carbocycles. The molecule has 0 amide bonds. The van der Waals surface area contributed by atoms with Gasteiger partial charge in [-0.2, -0.15) is 5.26 Å². The van der Waals surface area contributed by atoms with Crippen LogP contribution >= 0.6 is 0 Å². The van der Waals surface area contributed by atoms with Crippen LogP contribution in [0.25, 0.3) is 0 Å². The van der Waals surface area contributed by atoms with Gasteiger partial charge in [0.25, 0.3) is 0 Å². The third-order valence-electron chi connectivity index (χ3n) is 1.97. The zero-order valence-corrected chi connectivity index (χ0v) is 6.94. The zero-order chi connectivity index (χ0) is 9.26. The summed E-state index contributed by atoms with van der Waals surface area (Å²) in [6.07, 6.45) is 3.98. The van der Waals surface area contributed by atoms with Crippen LogP contribution in [0.15, 0.2) is 12.4 Å². The second kappa shape index (κ2) is 2.99. The molecule has 1 aromatic rings. The molecule has 0 radical (unpaired) electrons. The van der Waals surface area contributed by atoms with Crippen LogP contribution in [0.3, 0.4) is 0 Å². The highest BCUT2D eigenvalue weighted by Crippen LogP contribution is 2.23. The van der Waals surface area contributed by atoms with Crippen molar-refractivity contribution in [2.24, 2.45) is 5.73 Å². The van der Waals surface area contributed by atoms with Crippen molar-refractivity contribution in [1.29, 1.82) is 5.26 Å². The van der Waals surface area contributed by atoms with E-state index in [1.165, 1.54) is 6.20 Å². The van der Waals surface area contributed by atoms with Crippen LogP contribution in [0.5, 0.6) is 0 Å². The van der Waals surface area contributed by atoms with E-state index in [1.807, 2.05) is 6.07 Å². The minimum Gasteiger partial charge on any atom is -0.363 e. The van der Waals surface area contributed by atoms with Gasteiger partial charge >= 0.3 is 0 Å². The molecule has 0 spiro atoms. The molecule has 3 N–H and O–H groups in total. The molecule has 5 nitrogen and oxygen atoms in total. The van der Waals surface area contributed by atoms with Gasteiger partial charge < -0.3 is 11.1 Å². The Kier molecular flexibility index (Phi) is 1.83. The minimum absolute atomic E-state index is 0.188. The molecular weight excluding hydrogens is 166 g/mol. The summed E-state index contributed by atoms with van der Waals surface area (Å²) in [6.45, 7) is 0. The molecule has 1 saturated carbocycles. The lowest BCUT2D eigenvalue weighted by atomic mass is 10.4. The van der Waals surface area contributed by atoms with Gasteiger partial charge in [0.1, 0.15) is 6.07 Å². The highest BCUT2D eigenvalue weighted by Gasteiger charge is 2.34. The molecule has 13 heavy (non-hydrogen) atoms. The molecule has 1 aliphatic rings. The van der Waals surface area contributed by atoms with E-state index in [1.54, 1.807) is 6.20 Å². The maximum atomic E-state index is 8.69. The summed E-state index contributed by atoms with van der Waals surface area (Å²) in [7, 11) is 0. The summed E-state index contributed by atoms with van der Waals surface area (Å²) in [5.74, 6) is 0.531. The quantitative estimate of drug-likeness (QED) is 0.653. The van der Waals surface area contributed by atoms with E-state index in [2.05, 4.69) is 15.3 Å². The van der Waals surface area contributed by atoms with Crippen molar-refractivity contribution in [1.82, 2.24) is 9.97 Å². The normalized spacial score (nSPS) is 24.9. The van der Waals surface area contributed by atoms with Crippen molar-refractivity contribution in [3.63, 3.8) is 0 Å². The standard InChI is InChI=1S/C8H9N5/c9-4-7-8(12-2-1-11-7)13-6-3-5(6)10/h1-2,5-6H,3,10H2,(H,12,13). The van der Waals surface area contributed by atoms with Crippen LogP contribution in [0, 0.1) is 11.3 Å². The van der Waals surface area contributed by atoms with E-state index in [4.69, 9.17) is 11.0 Å². The monoisotopic (exact) mass is 175 g/mol. The number of rotatable bonds is 2. The maximum absolute atomic E-state index is 8.69. The Hall–Kier alpha value is -1.67. The largest absolute Gasteiger partial charge is 0.363 e. The van der Waals surface area contributed by atoms with Crippen molar-refractivity contribution in [3.8, 4) is 6.07 Å². The van der Waals surface area contributed by atoms with E-state index in [0.29, 0.717) is 11.5 Å². The molecule has 1 aromatic heterocycles. The Balaban J connectivity index is 2.15. The Morgan fingerprint density at radius 3 is 2.85 bits per heavy atom. The minimum atomic E-state index is 0.188. The van der Waals surface area contributed by atoms with Crippen molar-refractivity contribution in [2.45, 2.75) is 18.5 Å². The van der Waals surface area contributed by atoms with Crippen molar-refractivity contribution in [2.75, 3.05) is 5.32 Å². The first-order valence-corrected chi connectivity index (χ1v) is 4.04. The van der Waals surface area contributed by atoms with Crippen molar-refractivity contribution < 1.29 is 0 Å². The van der Waals surface area contributed by atoms with Gasteiger partial charge in [0.05, 0.1) is 0 Å². The van der Waals surface area contributed by atoms with E-state index >= 15 is 0 Å². The highest BCUT2D eigenvalue weighted by atomic mass is 15.1. The van der Waals surface area contributed by atoms with Gasteiger partial charge in [-0.1, -0.05) is 0 Å². The molecule has 2 unspecified atom stereocenters. The fourth-order valence-corrected chi connectivity index (χ4v) is 1.08. The second-order valence-electron chi connectivity index (χ2n) is 3.02. The second-order valence-corrected chi connectivity index (χ2v) is 3.02. The fraction of sp³-hybridized carbons (Fsp3) is 0.375. The molecule has 5 heteroatoms. The number of hydrogen-bond donors (Lipinski definition) is 2. The van der Waals surface area contributed by atoms with Crippen LogP contribution in [-0.4, -0.2) is 22.1 Å². The van der Waals surface area contributed by atoms with Crippen molar-refractivity contribution >= 4 is 5.82 Å². The SMILES string of the molecule is N#Cc1nccnc1NC1CC1N. The van der Waals surface area contributed by atoms with E-state index in [9.17, 15) is 0 Å². The Bertz CT molecular complexity index is 356. The van der Waals surface area contributed by atoms with Gasteiger partial charge in [-0.15, -0.1) is 0 Å². The first kappa shape index (κ1) is 7.95. The van der Waals surface area contributed by atoms with Crippen LogP contribution in [0.2, 0.25) is 0 Å². The highest BCUT2D eigenvalue weighted by molar-refractivity contribution is 5.48. The molecule has 1 fully saturated rings. The van der Waals surface area contributed by atoms with Gasteiger partial charge in [0, 0.05) is 24.5 Å². The fourth-order valence-electron chi connectivity index (χ4n) is 1.08. The smallest absolute Gasteiger partial charge is 0.182 e. The zero-order valence-electron chi connectivity index (χ0n) is 6.94. The van der Waals surface area contributed by atoms with Gasteiger partial charge in [-0.25, -0.2) is 9.97 Å². The maximum Gasteiger partial charge on any atom is 0.182 e. The summed E-state index contributed by atoms with van der Waals surface area (Å²) >= 11 is 0. The summed E-state index contributed by atoms with van der Waals surface area (Å²) < 4.78 is 0. The van der Waals surface area contributed by atoms with E-state index < -0.39 is 0 Å². The molecule has 0 aromatic carbocycles. The summed E-state index contributed by atoms with van der Waals surface area (Å²) in [6, 6.07) is 2.41. The van der Waals surface area contributed by atoms with Crippen LogP contribution in [0.4, 0.5) is 5.82 Å². The topological polar surface area (TPSA) is 87.6 Å². The number of nitrogens with zero attached hydrogens (tertiary/aromatic N) is 3. The molecule has 0 bridgehead atoms. The van der Waals surface area contributed by atoms with E-state index in [0.717, 1.165) is 6.42 Å². The third kappa shape index (κ3) is 1.58. The molecule has 2 atom stereocenters. The summed E-state index contributed by atoms with van der Waals surface area (Å²) in [5, 5.41) is 11.8. The lowest BCUT2D eigenvalue weighted by molar-refractivity contribution is 0.987. The van der Waals surface area contributed by atoms with Gasteiger partial charge in [0.15, 0.2) is 11.5 Å². The molecule has 2 rings (SSSR count). The number of aromatic nitrogens is 2. The molecule has 0 saturated heterocycles. The third-order valence-corrected chi connectivity index (χ3v) is 1.97. The van der Waals surface area contributed by atoms with Crippen LogP contribution < -0.4 is 11.1 Å². The predicted molar refractivity (Wildman–Crippen MR) is 46.8 cm³/mol. The summed E-state index contributed by atoms with van der Waals surface area (Å²) in [4.78, 5) is 7.89. The first-order chi connectivity index (χ1) is 6.31. The predicted octanol–water partition coefficient (Wildman–Crippen LogP) is -0.140. The molecule has 1 heterocycles. The Labute approximate surface area is 75.6 Å². The first-order valence-electron chi connectivity index (χ1n) is 4.04. The Morgan fingerprint density at radius 1 is 1.54 bits per heavy atom. The van der Waals surface area contributed by atoms with Gasteiger partial charge in [0.2, 0.25) is 0 Å². The van der Waals surface area contributed by atoms with Crippen LogP contribution in [0.1, 0.15) is 12.1 Å². The lowest BCUT2D eigenvalue weighted by Gasteiger charge is -2.03. The van der Waals surface area contributed by atoms with Crippen molar-refractivity contribution in [3.05, 3.63) is 18.1 Å². The molecular formula is C8H9N5. The van der Waals surface area contributed by atoms with E-state index in [-0.39, 0.29) is 12.1 Å². The number of nitrogens with one attached hydrogen (secondary N) is 1.